The summed E-state index contributed by atoms with van der Waals surface area (Å²) in [6.45, 7) is 1.42. The van der Waals surface area contributed by atoms with Gasteiger partial charge in [-0.2, -0.15) is 0 Å². The Hall–Kier alpha value is -0.820. The van der Waals surface area contributed by atoms with Crippen molar-refractivity contribution in [2.45, 2.75) is 29.6 Å². The zero-order valence-corrected chi connectivity index (χ0v) is 14.7. The van der Waals surface area contributed by atoms with Crippen LogP contribution in [0.3, 0.4) is 0 Å². The molecule has 1 atom stereocenters. The molecule has 0 bridgehead atoms. The van der Waals surface area contributed by atoms with Crippen LogP contribution in [0.2, 0.25) is 0 Å². The van der Waals surface area contributed by atoms with Gasteiger partial charge in [-0.05, 0) is 31.4 Å². The molecule has 2 aromatic rings. The molecule has 22 heavy (non-hydrogen) atoms. The number of piperidine rings is 1. The highest BCUT2D eigenvalue weighted by Gasteiger charge is 2.25. The van der Waals surface area contributed by atoms with E-state index < -0.39 is 0 Å². The van der Waals surface area contributed by atoms with E-state index in [9.17, 15) is 4.79 Å². The topological polar surface area (TPSA) is 59.2 Å². The van der Waals surface area contributed by atoms with Crippen molar-refractivity contribution in [3.8, 4) is 0 Å². The highest BCUT2D eigenvalue weighted by molar-refractivity contribution is 8.01. The van der Waals surface area contributed by atoms with Gasteiger partial charge in [-0.1, -0.05) is 23.9 Å². The van der Waals surface area contributed by atoms with Crippen LogP contribution in [0.15, 0.2) is 28.6 Å². The maximum Gasteiger partial charge on any atom is 0.233 e. The van der Waals surface area contributed by atoms with Gasteiger partial charge in [0.05, 0.1) is 16.0 Å². The molecular formula is C15H20ClN3OS2. The van der Waals surface area contributed by atoms with Crippen molar-refractivity contribution >= 4 is 51.6 Å². The number of para-hydroxylation sites is 1. The number of halogens is 1. The fourth-order valence-electron chi connectivity index (χ4n) is 2.69. The molecule has 1 fully saturated rings. The number of thioether (sulfide) groups is 1. The van der Waals surface area contributed by atoms with Crippen LogP contribution in [-0.4, -0.2) is 40.7 Å². The predicted octanol–water partition coefficient (Wildman–Crippen LogP) is 3.15. The van der Waals surface area contributed by atoms with E-state index in [-0.39, 0.29) is 24.4 Å². The molecule has 1 aliphatic rings. The zero-order chi connectivity index (χ0) is 14.7. The normalized spacial score (nSPS) is 18.2. The quantitative estimate of drug-likeness (QED) is 0.854. The Balaban J connectivity index is 0.00000176. The van der Waals surface area contributed by atoms with E-state index in [1.54, 1.807) is 11.3 Å². The SMILES string of the molecule is Cl.NCC1CCCCN1C(=O)CSc1nc2ccccc2s1. The van der Waals surface area contributed by atoms with Gasteiger partial charge in [0, 0.05) is 19.1 Å². The first-order valence-corrected chi connectivity index (χ1v) is 9.06. The van der Waals surface area contributed by atoms with E-state index >= 15 is 0 Å². The molecule has 1 aromatic heterocycles. The third-order valence-corrected chi connectivity index (χ3v) is 5.98. The molecule has 4 nitrogen and oxygen atoms in total. The van der Waals surface area contributed by atoms with Gasteiger partial charge >= 0.3 is 0 Å². The maximum atomic E-state index is 12.4. The van der Waals surface area contributed by atoms with Gasteiger partial charge in [0.15, 0.2) is 4.34 Å². The second-order valence-corrected chi connectivity index (χ2v) is 7.46. The largest absolute Gasteiger partial charge is 0.338 e. The monoisotopic (exact) mass is 357 g/mol. The maximum absolute atomic E-state index is 12.4. The van der Waals surface area contributed by atoms with Gasteiger partial charge in [-0.3, -0.25) is 4.79 Å². The van der Waals surface area contributed by atoms with Gasteiger partial charge < -0.3 is 10.6 Å². The van der Waals surface area contributed by atoms with Crippen molar-refractivity contribution in [2.75, 3.05) is 18.8 Å². The minimum Gasteiger partial charge on any atom is -0.338 e. The first kappa shape index (κ1) is 17.5. The summed E-state index contributed by atoms with van der Waals surface area (Å²) in [5, 5.41) is 0. The number of aromatic nitrogens is 1. The number of amides is 1. The Morgan fingerprint density at radius 1 is 1.41 bits per heavy atom. The minimum absolute atomic E-state index is 0. The molecule has 1 aliphatic heterocycles. The van der Waals surface area contributed by atoms with Crippen LogP contribution in [0.1, 0.15) is 19.3 Å². The van der Waals surface area contributed by atoms with Gasteiger partial charge in [0.1, 0.15) is 0 Å². The number of thiazole rings is 1. The molecule has 0 spiro atoms. The lowest BCUT2D eigenvalue weighted by Crippen LogP contribution is -2.48. The first-order chi connectivity index (χ1) is 10.3. The molecule has 1 aromatic carbocycles. The third kappa shape index (κ3) is 3.93. The average molecular weight is 358 g/mol. The summed E-state index contributed by atoms with van der Waals surface area (Å²) in [6, 6.07) is 8.30. The van der Waals surface area contributed by atoms with Crippen molar-refractivity contribution in [3.05, 3.63) is 24.3 Å². The fourth-order valence-corrected chi connectivity index (χ4v) is 4.65. The molecular weight excluding hydrogens is 338 g/mol. The minimum atomic E-state index is 0. The van der Waals surface area contributed by atoms with Crippen LogP contribution >= 0.6 is 35.5 Å². The molecule has 1 unspecified atom stereocenters. The lowest BCUT2D eigenvalue weighted by molar-refractivity contribution is -0.131. The summed E-state index contributed by atoms with van der Waals surface area (Å²) in [4.78, 5) is 18.9. The molecule has 1 amide bonds. The average Bonchev–Trinajstić information content (AvgIpc) is 2.95. The fraction of sp³-hybridized carbons (Fsp3) is 0.467. The Labute approximate surface area is 144 Å². The van der Waals surface area contributed by atoms with Crippen molar-refractivity contribution < 1.29 is 4.79 Å². The van der Waals surface area contributed by atoms with Crippen molar-refractivity contribution in [3.63, 3.8) is 0 Å². The number of hydrogen-bond donors (Lipinski definition) is 1. The molecule has 3 rings (SSSR count). The lowest BCUT2D eigenvalue weighted by atomic mass is 10.0. The predicted molar refractivity (Wildman–Crippen MR) is 96.0 cm³/mol. The summed E-state index contributed by atoms with van der Waals surface area (Å²) in [5.41, 5.74) is 6.79. The second-order valence-electron chi connectivity index (χ2n) is 5.21. The van der Waals surface area contributed by atoms with E-state index in [2.05, 4.69) is 11.1 Å². The Morgan fingerprint density at radius 3 is 3.00 bits per heavy atom. The Morgan fingerprint density at radius 2 is 2.23 bits per heavy atom. The second kappa shape index (κ2) is 8.15. The number of benzene rings is 1. The molecule has 0 saturated carbocycles. The molecule has 2 N–H and O–H groups in total. The molecule has 120 valence electrons. The van der Waals surface area contributed by atoms with Gasteiger partial charge in [0.2, 0.25) is 5.91 Å². The van der Waals surface area contributed by atoms with Crippen LogP contribution in [0.25, 0.3) is 10.2 Å². The van der Waals surface area contributed by atoms with Crippen LogP contribution < -0.4 is 5.73 Å². The smallest absolute Gasteiger partial charge is 0.233 e. The van der Waals surface area contributed by atoms with Gasteiger partial charge in [-0.25, -0.2) is 4.98 Å². The molecule has 1 saturated heterocycles. The van der Waals surface area contributed by atoms with Gasteiger partial charge in [-0.15, -0.1) is 23.7 Å². The number of hydrogen-bond acceptors (Lipinski definition) is 5. The van der Waals surface area contributed by atoms with Crippen LogP contribution in [0, 0.1) is 0 Å². The van der Waals surface area contributed by atoms with Gasteiger partial charge in [0.25, 0.3) is 0 Å². The van der Waals surface area contributed by atoms with E-state index in [0.717, 1.165) is 29.2 Å². The Bertz CT molecular complexity index is 601. The number of carbonyl (C=O) groups excluding carboxylic acids is 1. The highest BCUT2D eigenvalue weighted by Crippen LogP contribution is 2.29. The number of rotatable bonds is 4. The standard InChI is InChI=1S/C15H19N3OS2.ClH/c16-9-11-5-3-4-8-18(11)14(19)10-20-15-17-12-6-1-2-7-13(12)21-15;/h1-2,6-7,11H,3-5,8-10,16H2;1H. The van der Waals surface area contributed by atoms with E-state index in [1.807, 2.05) is 23.1 Å². The number of fused-ring (bicyclic) bond motifs is 1. The van der Waals surface area contributed by atoms with Crippen molar-refractivity contribution in [2.24, 2.45) is 5.73 Å². The van der Waals surface area contributed by atoms with E-state index in [4.69, 9.17) is 5.73 Å². The van der Waals surface area contributed by atoms with Crippen LogP contribution in [0.4, 0.5) is 0 Å². The van der Waals surface area contributed by atoms with Crippen LogP contribution in [-0.2, 0) is 4.79 Å². The third-order valence-electron chi connectivity index (χ3n) is 3.81. The molecule has 2 heterocycles. The number of nitrogens with zero attached hydrogens (tertiary/aromatic N) is 2. The molecule has 0 radical (unpaired) electrons. The van der Waals surface area contributed by atoms with E-state index in [0.29, 0.717) is 12.3 Å². The number of likely N-dealkylation sites (tertiary alicyclic amines) is 1. The summed E-state index contributed by atoms with van der Waals surface area (Å²) >= 11 is 3.18. The summed E-state index contributed by atoms with van der Waals surface area (Å²) in [7, 11) is 0. The van der Waals surface area contributed by atoms with Crippen molar-refractivity contribution in [1.29, 1.82) is 0 Å². The number of carbonyl (C=O) groups is 1. The highest BCUT2D eigenvalue weighted by atomic mass is 35.5. The summed E-state index contributed by atoms with van der Waals surface area (Å²) < 4.78 is 2.14. The molecule has 0 aliphatic carbocycles. The van der Waals surface area contributed by atoms with Crippen molar-refractivity contribution in [1.82, 2.24) is 9.88 Å². The Kier molecular flexibility index (Phi) is 6.50. The zero-order valence-electron chi connectivity index (χ0n) is 12.2. The van der Waals surface area contributed by atoms with Crippen LogP contribution in [0.5, 0.6) is 0 Å². The summed E-state index contributed by atoms with van der Waals surface area (Å²) in [6.07, 6.45) is 3.30. The molecule has 7 heteroatoms. The lowest BCUT2D eigenvalue weighted by Gasteiger charge is -2.35. The first-order valence-electron chi connectivity index (χ1n) is 7.26. The van der Waals surface area contributed by atoms with E-state index in [1.165, 1.54) is 22.9 Å². The number of nitrogens with two attached hydrogens (primary N) is 1. The summed E-state index contributed by atoms with van der Waals surface area (Å²) in [5.74, 6) is 0.644.